The molecule has 94 valence electrons. The Labute approximate surface area is 106 Å². The Kier molecular flexibility index (Phi) is 3.78. The van der Waals surface area contributed by atoms with Crippen molar-refractivity contribution in [3.8, 4) is 0 Å². The van der Waals surface area contributed by atoms with Gasteiger partial charge in [-0.2, -0.15) is 0 Å². The zero-order chi connectivity index (χ0) is 13.1. The lowest BCUT2D eigenvalue weighted by atomic mass is 10.1. The first-order chi connectivity index (χ1) is 8.61. The topological polar surface area (TPSA) is 56.0 Å². The van der Waals surface area contributed by atoms with E-state index in [0.29, 0.717) is 5.01 Å². The van der Waals surface area contributed by atoms with E-state index in [9.17, 15) is 13.6 Å². The van der Waals surface area contributed by atoms with Gasteiger partial charge in [-0.3, -0.25) is 4.79 Å². The predicted molar refractivity (Wildman–Crippen MR) is 64.4 cm³/mol. The minimum atomic E-state index is -0.724. The van der Waals surface area contributed by atoms with Gasteiger partial charge < -0.3 is 5.73 Å². The fraction of sp³-hybridized carbons (Fsp3) is 0.167. The molecule has 1 aromatic heterocycles. The summed E-state index contributed by atoms with van der Waals surface area (Å²) in [7, 11) is 0. The Morgan fingerprint density at radius 3 is 2.56 bits per heavy atom. The molecule has 0 aliphatic carbocycles. The summed E-state index contributed by atoms with van der Waals surface area (Å²) in [5.41, 5.74) is 5.35. The van der Waals surface area contributed by atoms with Gasteiger partial charge in [0.05, 0.1) is 0 Å². The molecular formula is C12H10F2N2OS. The highest BCUT2D eigenvalue weighted by atomic mass is 32.1. The van der Waals surface area contributed by atoms with Gasteiger partial charge in [-0.15, -0.1) is 11.3 Å². The summed E-state index contributed by atoms with van der Waals surface area (Å²) in [4.78, 5) is 15.8. The highest BCUT2D eigenvalue weighted by Gasteiger charge is 2.16. The minimum Gasteiger partial charge on any atom is -0.325 e. The number of nitrogens with two attached hydrogens (primary N) is 1. The number of aromatic nitrogens is 1. The van der Waals surface area contributed by atoms with E-state index < -0.39 is 17.4 Å². The number of ketones is 1. The molecule has 0 amide bonds. The van der Waals surface area contributed by atoms with E-state index in [-0.39, 0.29) is 24.2 Å². The third-order valence-corrected chi connectivity index (χ3v) is 3.28. The van der Waals surface area contributed by atoms with E-state index in [2.05, 4.69) is 4.98 Å². The summed E-state index contributed by atoms with van der Waals surface area (Å²) in [6, 6.07) is 3.50. The third kappa shape index (κ3) is 2.60. The molecule has 0 unspecified atom stereocenters. The van der Waals surface area contributed by atoms with E-state index >= 15 is 0 Å². The molecule has 6 heteroatoms. The molecule has 18 heavy (non-hydrogen) atoms. The molecule has 0 saturated heterocycles. The Morgan fingerprint density at radius 1 is 1.33 bits per heavy atom. The number of thiazole rings is 1. The van der Waals surface area contributed by atoms with Gasteiger partial charge in [0.1, 0.15) is 22.3 Å². The fourth-order valence-electron chi connectivity index (χ4n) is 1.49. The summed E-state index contributed by atoms with van der Waals surface area (Å²) in [5, 5.41) is 2.16. The zero-order valence-electron chi connectivity index (χ0n) is 9.32. The van der Waals surface area contributed by atoms with Crippen molar-refractivity contribution in [2.24, 2.45) is 5.73 Å². The average Bonchev–Trinajstić information content (AvgIpc) is 2.82. The maximum atomic E-state index is 13.4. The SMILES string of the molecule is NCc1nc(C(=O)Cc2c(F)cccc2F)cs1. The lowest BCUT2D eigenvalue weighted by molar-refractivity contribution is 0.0986. The minimum absolute atomic E-state index is 0.197. The molecule has 1 aromatic carbocycles. The standard InChI is InChI=1S/C12H10F2N2OS/c13-8-2-1-3-9(14)7(8)4-11(17)10-6-18-12(5-15)16-10/h1-3,6H,4-5,15H2. The summed E-state index contributed by atoms with van der Waals surface area (Å²) < 4.78 is 26.7. The summed E-state index contributed by atoms with van der Waals surface area (Å²) in [5.74, 6) is -1.87. The molecule has 2 rings (SSSR count). The van der Waals surface area contributed by atoms with Crippen molar-refractivity contribution < 1.29 is 13.6 Å². The van der Waals surface area contributed by atoms with E-state index in [0.717, 1.165) is 12.1 Å². The second-order valence-corrected chi connectivity index (χ2v) is 4.57. The molecule has 0 fully saturated rings. The maximum absolute atomic E-state index is 13.4. The van der Waals surface area contributed by atoms with Crippen LogP contribution < -0.4 is 5.73 Å². The smallest absolute Gasteiger partial charge is 0.186 e. The Balaban J connectivity index is 2.21. The van der Waals surface area contributed by atoms with Crippen molar-refractivity contribution in [2.75, 3.05) is 0 Å². The summed E-state index contributed by atoms with van der Waals surface area (Å²) in [6.45, 7) is 0.242. The monoisotopic (exact) mass is 268 g/mol. The molecule has 2 N–H and O–H groups in total. The molecule has 2 aromatic rings. The molecular weight excluding hydrogens is 258 g/mol. The molecule has 0 atom stereocenters. The van der Waals surface area contributed by atoms with Crippen molar-refractivity contribution in [3.63, 3.8) is 0 Å². The van der Waals surface area contributed by atoms with Crippen LogP contribution in [0, 0.1) is 11.6 Å². The number of carbonyl (C=O) groups excluding carboxylic acids is 1. The number of hydrogen-bond donors (Lipinski definition) is 1. The van der Waals surface area contributed by atoms with E-state index in [4.69, 9.17) is 5.73 Å². The van der Waals surface area contributed by atoms with Crippen LogP contribution in [0.5, 0.6) is 0 Å². The van der Waals surface area contributed by atoms with Crippen LogP contribution >= 0.6 is 11.3 Å². The lowest BCUT2D eigenvalue weighted by Gasteiger charge is -2.02. The van der Waals surface area contributed by atoms with Crippen molar-refractivity contribution in [1.29, 1.82) is 0 Å². The lowest BCUT2D eigenvalue weighted by Crippen LogP contribution is -2.08. The molecule has 1 heterocycles. The number of halogens is 2. The van der Waals surface area contributed by atoms with Crippen LogP contribution in [0.3, 0.4) is 0 Å². The van der Waals surface area contributed by atoms with Crippen LogP contribution in [0.1, 0.15) is 21.1 Å². The average molecular weight is 268 g/mol. The first-order valence-electron chi connectivity index (χ1n) is 5.22. The molecule has 0 saturated carbocycles. The van der Waals surface area contributed by atoms with Crippen LogP contribution in [0.4, 0.5) is 8.78 Å². The predicted octanol–water partition coefficient (Wildman–Crippen LogP) is 2.31. The third-order valence-electron chi connectivity index (χ3n) is 2.41. The van der Waals surface area contributed by atoms with Crippen molar-refractivity contribution in [1.82, 2.24) is 4.98 Å². The number of rotatable bonds is 4. The fourth-order valence-corrected chi connectivity index (χ4v) is 2.16. The molecule has 0 radical (unpaired) electrons. The number of benzene rings is 1. The van der Waals surface area contributed by atoms with Crippen molar-refractivity contribution in [2.45, 2.75) is 13.0 Å². The number of nitrogens with zero attached hydrogens (tertiary/aromatic N) is 1. The number of carbonyl (C=O) groups is 1. The number of Topliss-reactive ketones (excluding diaryl/α,β-unsaturated/α-hetero) is 1. The van der Waals surface area contributed by atoms with Gasteiger partial charge in [-0.25, -0.2) is 13.8 Å². The van der Waals surface area contributed by atoms with Crippen LogP contribution in [0.15, 0.2) is 23.6 Å². The van der Waals surface area contributed by atoms with Crippen LogP contribution in [-0.2, 0) is 13.0 Å². The van der Waals surface area contributed by atoms with Gasteiger partial charge in [0, 0.05) is 23.9 Å². The molecule has 3 nitrogen and oxygen atoms in total. The van der Waals surface area contributed by atoms with Crippen LogP contribution in [0.2, 0.25) is 0 Å². The second kappa shape index (κ2) is 5.32. The first-order valence-corrected chi connectivity index (χ1v) is 6.10. The van der Waals surface area contributed by atoms with Gasteiger partial charge in [0.2, 0.25) is 0 Å². The van der Waals surface area contributed by atoms with Crippen molar-refractivity contribution >= 4 is 17.1 Å². The zero-order valence-corrected chi connectivity index (χ0v) is 10.1. The van der Waals surface area contributed by atoms with Gasteiger partial charge in [0.15, 0.2) is 5.78 Å². The Hall–Kier alpha value is -1.66. The highest BCUT2D eigenvalue weighted by molar-refractivity contribution is 7.09. The van der Waals surface area contributed by atoms with Crippen molar-refractivity contribution in [3.05, 3.63) is 51.5 Å². The molecule has 0 spiro atoms. The largest absolute Gasteiger partial charge is 0.325 e. The molecule has 0 bridgehead atoms. The summed E-state index contributed by atoms with van der Waals surface area (Å²) >= 11 is 1.25. The maximum Gasteiger partial charge on any atom is 0.186 e. The molecule has 0 aliphatic rings. The van der Waals surface area contributed by atoms with E-state index in [1.807, 2.05) is 0 Å². The van der Waals surface area contributed by atoms with Gasteiger partial charge in [-0.1, -0.05) is 6.07 Å². The van der Waals surface area contributed by atoms with Crippen LogP contribution in [-0.4, -0.2) is 10.8 Å². The highest BCUT2D eigenvalue weighted by Crippen LogP contribution is 2.16. The molecule has 0 aliphatic heterocycles. The normalized spacial score (nSPS) is 10.6. The van der Waals surface area contributed by atoms with Gasteiger partial charge >= 0.3 is 0 Å². The summed E-state index contributed by atoms with van der Waals surface area (Å²) in [6.07, 6.45) is -0.341. The second-order valence-electron chi connectivity index (χ2n) is 3.63. The van der Waals surface area contributed by atoms with Gasteiger partial charge in [0.25, 0.3) is 0 Å². The van der Waals surface area contributed by atoms with Crippen LogP contribution in [0.25, 0.3) is 0 Å². The first kappa shape index (κ1) is 12.8. The Bertz CT molecular complexity index is 563. The van der Waals surface area contributed by atoms with E-state index in [1.165, 1.54) is 17.4 Å². The Morgan fingerprint density at radius 2 is 2.00 bits per heavy atom. The van der Waals surface area contributed by atoms with Gasteiger partial charge in [-0.05, 0) is 12.1 Å². The quantitative estimate of drug-likeness (QED) is 0.866. The van der Waals surface area contributed by atoms with E-state index in [1.54, 1.807) is 5.38 Å². The number of hydrogen-bond acceptors (Lipinski definition) is 4.